The third kappa shape index (κ3) is 5.03. The van der Waals surface area contributed by atoms with Crippen LogP contribution >= 0.6 is 0 Å². The number of halogens is 1. The first-order valence-electron chi connectivity index (χ1n) is 11.5. The van der Waals surface area contributed by atoms with Gasteiger partial charge in [0.1, 0.15) is 11.5 Å². The van der Waals surface area contributed by atoms with Crippen molar-refractivity contribution in [3.05, 3.63) is 77.6 Å². The summed E-state index contributed by atoms with van der Waals surface area (Å²) in [5, 5.41) is 2.63. The molecule has 1 N–H and O–H groups in total. The van der Waals surface area contributed by atoms with Crippen molar-refractivity contribution < 1.29 is 13.9 Å². The second-order valence-corrected chi connectivity index (χ2v) is 8.49. The first-order chi connectivity index (χ1) is 16.7. The molecule has 2 aromatic heterocycles. The third-order valence-corrected chi connectivity index (χ3v) is 6.11. The Bertz CT molecular complexity index is 1220. The normalized spacial score (nSPS) is 16.3. The number of anilines is 1. The van der Waals surface area contributed by atoms with Crippen molar-refractivity contribution in [2.45, 2.75) is 19.4 Å². The average molecular weight is 460 g/mol. The Labute approximate surface area is 197 Å². The number of ether oxygens (including phenoxy) is 1. The molecule has 8 heteroatoms. The van der Waals surface area contributed by atoms with E-state index >= 15 is 0 Å². The Balaban J connectivity index is 1.43. The molecule has 4 heterocycles. The lowest BCUT2D eigenvalue weighted by molar-refractivity contribution is -0.110. The second kappa shape index (κ2) is 10.2. The zero-order chi connectivity index (χ0) is 23.3. The van der Waals surface area contributed by atoms with Crippen LogP contribution in [0.3, 0.4) is 0 Å². The van der Waals surface area contributed by atoms with E-state index in [0.29, 0.717) is 12.3 Å². The summed E-state index contributed by atoms with van der Waals surface area (Å²) < 4.78 is 19.5. The molecule has 0 aliphatic carbocycles. The number of amides is 1. The number of hydrogen-bond acceptors (Lipinski definition) is 6. The number of aromatic nitrogens is 2. The molecule has 0 saturated carbocycles. The lowest BCUT2D eigenvalue weighted by Crippen LogP contribution is -2.35. The summed E-state index contributed by atoms with van der Waals surface area (Å²) in [4.78, 5) is 28.4. The number of benzene rings is 1. The van der Waals surface area contributed by atoms with E-state index < -0.39 is 11.7 Å². The number of morpholine rings is 1. The lowest BCUT2D eigenvalue weighted by Gasteiger charge is -2.26. The molecule has 2 aliphatic rings. The van der Waals surface area contributed by atoms with Crippen molar-refractivity contribution in [3.63, 3.8) is 0 Å². The van der Waals surface area contributed by atoms with Crippen molar-refractivity contribution in [2.24, 2.45) is 4.99 Å². The number of nitrogens with zero attached hydrogens (tertiary/aromatic N) is 4. The average Bonchev–Trinajstić information content (AvgIpc) is 3.08. The fourth-order valence-corrected chi connectivity index (χ4v) is 4.33. The minimum atomic E-state index is -0.533. The van der Waals surface area contributed by atoms with E-state index in [9.17, 15) is 9.18 Å². The van der Waals surface area contributed by atoms with Gasteiger partial charge in [-0.3, -0.25) is 24.7 Å². The Hall–Kier alpha value is -3.49. The number of aliphatic imine (C=N–C) groups is 1. The highest BCUT2D eigenvalue weighted by molar-refractivity contribution is 6.49. The van der Waals surface area contributed by atoms with E-state index in [4.69, 9.17) is 4.74 Å². The quantitative estimate of drug-likeness (QED) is 0.632. The van der Waals surface area contributed by atoms with Gasteiger partial charge in [0.15, 0.2) is 0 Å². The zero-order valence-corrected chi connectivity index (χ0v) is 18.8. The van der Waals surface area contributed by atoms with Crippen LogP contribution in [0.25, 0.3) is 11.1 Å². The van der Waals surface area contributed by atoms with Gasteiger partial charge in [0, 0.05) is 55.9 Å². The van der Waals surface area contributed by atoms with Gasteiger partial charge >= 0.3 is 0 Å². The first kappa shape index (κ1) is 22.3. The van der Waals surface area contributed by atoms with Crippen LogP contribution in [0.4, 0.5) is 10.1 Å². The molecule has 3 aromatic rings. The van der Waals surface area contributed by atoms with Gasteiger partial charge in [0.05, 0.1) is 25.1 Å². The van der Waals surface area contributed by atoms with E-state index in [2.05, 4.69) is 43.4 Å². The Morgan fingerprint density at radius 2 is 1.94 bits per heavy atom. The van der Waals surface area contributed by atoms with Gasteiger partial charge in [-0.2, -0.15) is 0 Å². The van der Waals surface area contributed by atoms with E-state index in [1.54, 1.807) is 0 Å². The van der Waals surface area contributed by atoms with Crippen LogP contribution in [0.1, 0.15) is 23.1 Å². The Morgan fingerprint density at radius 3 is 2.79 bits per heavy atom. The van der Waals surface area contributed by atoms with Gasteiger partial charge < -0.3 is 10.1 Å². The molecule has 0 bridgehead atoms. The number of rotatable bonds is 5. The second-order valence-electron chi connectivity index (χ2n) is 8.49. The molecule has 0 unspecified atom stereocenters. The number of nitrogens with one attached hydrogen (secondary N) is 1. The van der Waals surface area contributed by atoms with Gasteiger partial charge in [0.25, 0.3) is 5.91 Å². The van der Waals surface area contributed by atoms with Crippen LogP contribution < -0.4 is 5.32 Å². The molecule has 7 nitrogen and oxygen atoms in total. The SMILES string of the molecule is O=C(Nc1cnccc1F)C1=NCCCc2ccc(-c3cncc(CN4CCOCC4)c3)cc21. The van der Waals surface area contributed by atoms with Crippen molar-refractivity contribution in [1.82, 2.24) is 14.9 Å². The summed E-state index contributed by atoms with van der Waals surface area (Å²) in [7, 11) is 0. The summed E-state index contributed by atoms with van der Waals surface area (Å²) >= 11 is 0. The molecule has 34 heavy (non-hydrogen) atoms. The molecule has 5 rings (SSSR count). The highest BCUT2D eigenvalue weighted by Crippen LogP contribution is 2.26. The standard InChI is InChI=1S/C26H26FN5O2/c27-23-5-7-28-16-24(23)31-26(33)25-22-13-20(4-3-19(22)2-1-6-30-25)21-12-18(14-29-15-21)17-32-8-10-34-11-9-32/h3-5,7,12-16H,1-2,6,8-11,17H2,(H,31,33). The maximum atomic E-state index is 14.1. The van der Waals surface area contributed by atoms with Gasteiger partial charge in [-0.1, -0.05) is 12.1 Å². The van der Waals surface area contributed by atoms with Crippen molar-refractivity contribution >= 4 is 17.3 Å². The Kier molecular flexibility index (Phi) is 6.69. The minimum absolute atomic E-state index is 0.0390. The number of carbonyl (C=O) groups is 1. The van der Waals surface area contributed by atoms with Crippen molar-refractivity contribution in [1.29, 1.82) is 0 Å². The molecule has 1 saturated heterocycles. The third-order valence-electron chi connectivity index (χ3n) is 6.11. The largest absolute Gasteiger partial charge is 0.379 e. The van der Waals surface area contributed by atoms with E-state index in [1.165, 1.54) is 18.5 Å². The number of aryl methyl sites for hydroxylation is 1. The molecule has 1 aromatic carbocycles. The maximum absolute atomic E-state index is 14.1. The minimum Gasteiger partial charge on any atom is -0.379 e. The van der Waals surface area contributed by atoms with Crippen LogP contribution in [0, 0.1) is 5.82 Å². The predicted molar refractivity (Wildman–Crippen MR) is 128 cm³/mol. The Morgan fingerprint density at radius 1 is 1.06 bits per heavy atom. The van der Waals surface area contributed by atoms with Crippen LogP contribution in [0.5, 0.6) is 0 Å². The van der Waals surface area contributed by atoms with Crippen LogP contribution in [0.15, 0.2) is 60.1 Å². The van der Waals surface area contributed by atoms with Crippen molar-refractivity contribution in [2.75, 3.05) is 38.2 Å². The van der Waals surface area contributed by atoms with Gasteiger partial charge in [-0.15, -0.1) is 0 Å². The van der Waals surface area contributed by atoms with Crippen LogP contribution in [-0.4, -0.2) is 59.3 Å². The van der Waals surface area contributed by atoms with Gasteiger partial charge in [-0.25, -0.2) is 4.39 Å². The summed E-state index contributed by atoms with van der Waals surface area (Å²) in [6, 6.07) is 9.47. The van der Waals surface area contributed by atoms with Crippen LogP contribution in [0.2, 0.25) is 0 Å². The molecule has 2 aliphatic heterocycles. The molecule has 0 radical (unpaired) electrons. The van der Waals surface area contributed by atoms with E-state index in [0.717, 1.165) is 73.5 Å². The topological polar surface area (TPSA) is 79.7 Å². The van der Waals surface area contributed by atoms with Crippen molar-refractivity contribution in [3.8, 4) is 11.1 Å². The van der Waals surface area contributed by atoms with Gasteiger partial charge in [-0.05, 0) is 47.7 Å². The number of fused-ring (bicyclic) bond motifs is 1. The van der Waals surface area contributed by atoms with Gasteiger partial charge in [0.2, 0.25) is 0 Å². The first-order valence-corrected chi connectivity index (χ1v) is 11.5. The maximum Gasteiger partial charge on any atom is 0.274 e. The zero-order valence-electron chi connectivity index (χ0n) is 18.8. The fourth-order valence-electron chi connectivity index (χ4n) is 4.33. The number of hydrogen-bond donors (Lipinski definition) is 1. The molecule has 1 amide bonds. The molecule has 174 valence electrons. The summed E-state index contributed by atoms with van der Waals surface area (Å²) in [6.07, 6.45) is 8.05. The molecule has 0 atom stereocenters. The van der Waals surface area contributed by atoms with Crippen LogP contribution in [-0.2, 0) is 22.5 Å². The molecular weight excluding hydrogens is 433 g/mol. The van der Waals surface area contributed by atoms with E-state index in [1.807, 2.05) is 18.5 Å². The summed E-state index contributed by atoms with van der Waals surface area (Å²) in [5.74, 6) is -0.971. The summed E-state index contributed by atoms with van der Waals surface area (Å²) in [5.41, 5.74) is 5.26. The lowest BCUT2D eigenvalue weighted by atomic mass is 9.94. The fraction of sp³-hybridized carbons (Fsp3) is 0.308. The predicted octanol–water partition coefficient (Wildman–Crippen LogP) is 3.49. The summed E-state index contributed by atoms with van der Waals surface area (Å²) in [6.45, 7) is 4.70. The smallest absolute Gasteiger partial charge is 0.274 e. The monoisotopic (exact) mass is 459 g/mol. The highest BCUT2D eigenvalue weighted by Gasteiger charge is 2.22. The molecule has 1 fully saturated rings. The molecule has 0 spiro atoms. The highest BCUT2D eigenvalue weighted by atomic mass is 19.1. The number of carbonyl (C=O) groups excluding carboxylic acids is 1. The van der Waals surface area contributed by atoms with E-state index in [-0.39, 0.29) is 5.69 Å². The molecular formula is C26H26FN5O2. The number of pyridine rings is 2.